The van der Waals surface area contributed by atoms with E-state index in [1.54, 1.807) is 6.92 Å². The molecule has 0 aromatic carbocycles. The molecule has 4 saturated heterocycles. The summed E-state index contributed by atoms with van der Waals surface area (Å²) in [6.45, 7) is 5.80. The van der Waals surface area contributed by atoms with Gasteiger partial charge in [0.05, 0.1) is 5.92 Å². The zero-order chi connectivity index (χ0) is 14.3. The first kappa shape index (κ1) is 13.0. The maximum atomic E-state index is 12.0. The summed E-state index contributed by atoms with van der Waals surface area (Å²) in [7, 11) is 0. The molecule has 112 valence electrons. The Morgan fingerprint density at radius 2 is 2.00 bits per heavy atom. The van der Waals surface area contributed by atoms with E-state index in [4.69, 9.17) is 14.2 Å². The molecule has 4 heterocycles. The summed E-state index contributed by atoms with van der Waals surface area (Å²) in [5.74, 6) is -0.820. The van der Waals surface area contributed by atoms with E-state index in [0.717, 1.165) is 19.3 Å². The molecule has 1 spiro atoms. The van der Waals surface area contributed by atoms with Crippen LogP contribution in [0.3, 0.4) is 0 Å². The second-order valence-corrected chi connectivity index (χ2v) is 7.20. The minimum Gasteiger partial charge on any atom is -0.432 e. The van der Waals surface area contributed by atoms with Gasteiger partial charge < -0.3 is 19.3 Å². The largest absolute Gasteiger partial charge is 0.432 e. The fraction of sp³-hybridized carbons (Fsp3) is 0.933. The highest BCUT2D eigenvalue weighted by Gasteiger charge is 2.72. The van der Waals surface area contributed by atoms with Gasteiger partial charge in [-0.15, -0.1) is 0 Å². The fourth-order valence-electron chi connectivity index (χ4n) is 5.00. The summed E-state index contributed by atoms with van der Waals surface area (Å²) in [5, 5.41) is 10.5. The van der Waals surface area contributed by atoms with Crippen LogP contribution in [-0.4, -0.2) is 34.9 Å². The molecule has 4 aliphatic heterocycles. The number of fused-ring (bicyclic) bond motifs is 1. The standard InChI is InChI=1S/C15H22O5/c1-7-4-5-9-8(2)12(16)19-13-15(9)10(7)6-11(18-13)14(3,17)20-15/h7-11,13,17H,4-6H2,1-3H3/t7-,8-,9+,10+,11-,13+,14-,15+/m1/s1. The normalized spacial score (nSPS) is 60.9. The molecule has 5 nitrogen and oxygen atoms in total. The molecule has 20 heavy (non-hydrogen) atoms. The molecule has 0 aromatic heterocycles. The zero-order valence-corrected chi connectivity index (χ0v) is 12.2. The molecule has 1 N–H and O–H groups in total. The molecule has 0 unspecified atom stereocenters. The number of ether oxygens (including phenoxy) is 3. The van der Waals surface area contributed by atoms with E-state index in [9.17, 15) is 9.90 Å². The Kier molecular flexibility index (Phi) is 2.45. The Balaban J connectivity index is 1.84. The number of hydrogen-bond acceptors (Lipinski definition) is 5. The molecule has 0 radical (unpaired) electrons. The topological polar surface area (TPSA) is 65.0 Å². The lowest BCUT2D eigenvalue weighted by atomic mass is 9.55. The lowest BCUT2D eigenvalue weighted by molar-refractivity contribution is -0.478. The number of esters is 1. The van der Waals surface area contributed by atoms with Gasteiger partial charge in [-0.3, -0.25) is 4.79 Å². The number of hydrogen-bond donors (Lipinski definition) is 1. The van der Waals surface area contributed by atoms with E-state index in [-0.39, 0.29) is 17.8 Å². The van der Waals surface area contributed by atoms with Crippen molar-refractivity contribution in [3.05, 3.63) is 0 Å². The Labute approximate surface area is 118 Å². The first-order valence-electron chi connectivity index (χ1n) is 7.64. The number of carbonyl (C=O) groups excluding carboxylic acids is 1. The average Bonchev–Trinajstić information content (AvgIpc) is 2.36. The summed E-state index contributed by atoms with van der Waals surface area (Å²) in [6, 6.07) is 0. The minimum absolute atomic E-state index is 0.0719. The van der Waals surface area contributed by atoms with Crippen LogP contribution in [0.4, 0.5) is 0 Å². The molecular weight excluding hydrogens is 260 g/mol. The van der Waals surface area contributed by atoms with Crippen LogP contribution < -0.4 is 0 Å². The van der Waals surface area contributed by atoms with E-state index in [1.165, 1.54) is 0 Å². The predicted molar refractivity (Wildman–Crippen MR) is 68.4 cm³/mol. The zero-order valence-electron chi connectivity index (χ0n) is 12.2. The third-order valence-electron chi connectivity index (χ3n) is 6.08. The van der Waals surface area contributed by atoms with Gasteiger partial charge in [-0.05, 0) is 38.0 Å². The van der Waals surface area contributed by atoms with Crippen molar-refractivity contribution in [3.63, 3.8) is 0 Å². The van der Waals surface area contributed by atoms with Gasteiger partial charge in [0.1, 0.15) is 11.7 Å². The monoisotopic (exact) mass is 282 g/mol. The highest BCUT2D eigenvalue weighted by molar-refractivity contribution is 5.74. The van der Waals surface area contributed by atoms with Gasteiger partial charge in [-0.25, -0.2) is 0 Å². The Morgan fingerprint density at radius 1 is 1.25 bits per heavy atom. The van der Waals surface area contributed by atoms with Gasteiger partial charge in [-0.1, -0.05) is 13.8 Å². The SMILES string of the molecule is C[C@@H]1CC[C@H]2[C@@H](C)C(=O)O[C@@H]3O[C@@H]4C[C@@H]1[C@]32O[C@@]4(C)O. The van der Waals surface area contributed by atoms with Crippen molar-refractivity contribution in [1.82, 2.24) is 0 Å². The number of rotatable bonds is 0. The van der Waals surface area contributed by atoms with Crippen molar-refractivity contribution in [3.8, 4) is 0 Å². The van der Waals surface area contributed by atoms with Crippen molar-refractivity contribution in [2.75, 3.05) is 0 Å². The van der Waals surface area contributed by atoms with Crippen LogP contribution in [0.25, 0.3) is 0 Å². The molecule has 2 bridgehead atoms. The first-order chi connectivity index (χ1) is 9.36. The van der Waals surface area contributed by atoms with Crippen molar-refractivity contribution in [2.24, 2.45) is 23.7 Å². The van der Waals surface area contributed by atoms with Gasteiger partial charge in [0.25, 0.3) is 0 Å². The van der Waals surface area contributed by atoms with Crippen LogP contribution in [0.2, 0.25) is 0 Å². The molecule has 1 aliphatic carbocycles. The highest BCUT2D eigenvalue weighted by atomic mass is 16.8. The highest BCUT2D eigenvalue weighted by Crippen LogP contribution is 2.61. The quantitative estimate of drug-likeness (QED) is 0.681. The van der Waals surface area contributed by atoms with Gasteiger partial charge in [0, 0.05) is 5.92 Å². The van der Waals surface area contributed by atoms with Gasteiger partial charge in [-0.2, -0.15) is 0 Å². The molecule has 8 atom stereocenters. The van der Waals surface area contributed by atoms with Crippen LogP contribution >= 0.6 is 0 Å². The van der Waals surface area contributed by atoms with Crippen molar-refractivity contribution in [2.45, 2.75) is 63.8 Å². The van der Waals surface area contributed by atoms with E-state index < -0.39 is 23.8 Å². The molecule has 5 fully saturated rings. The molecule has 0 amide bonds. The summed E-state index contributed by atoms with van der Waals surface area (Å²) < 4.78 is 17.6. The second kappa shape index (κ2) is 3.76. The third kappa shape index (κ3) is 1.36. The first-order valence-corrected chi connectivity index (χ1v) is 7.64. The Morgan fingerprint density at radius 3 is 2.75 bits per heavy atom. The van der Waals surface area contributed by atoms with Crippen molar-refractivity contribution >= 4 is 5.97 Å². The van der Waals surface area contributed by atoms with Gasteiger partial charge >= 0.3 is 5.97 Å². The molecule has 5 aliphatic rings. The Hall–Kier alpha value is -0.650. The van der Waals surface area contributed by atoms with Gasteiger partial charge in [0.2, 0.25) is 6.29 Å². The molecular formula is C15H22O5. The fourth-order valence-corrected chi connectivity index (χ4v) is 5.00. The molecule has 0 aromatic rings. The summed E-state index contributed by atoms with van der Waals surface area (Å²) in [5.41, 5.74) is -0.663. The maximum Gasteiger partial charge on any atom is 0.311 e. The summed E-state index contributed by atoms with van der Waals surface area (Å²) in [4.78, 5) is 12.0. The third-order valence-corrected chi connectivity index (χ3v) is 6.08. The van der Waals surface area contributed by atoms with E-state index >= 15 is 0 Å². The smallest absolute Gasteiger partial charge is 0.311 e. The van der Waals surface area contributed by atoms with Crippen LogP contribution in [-0.2, 0) is 19.0 Å². The summed E-state index contributed by atoms with van der Waals surface area (Å²) in [6.07, 6.45) is 1.74. The number of carbonyl (C=O) groups is 1. The predicted octanol–water partition coefficient (Wildman–Crippen LogP) is 1.43. The van der Waals surface area contributed by atoms with Crippen LogP contribution in [0.5, 0.6) is 0 Å². The maximum absolute atomic E-state index is 12.0. The van der Waals surface area contributed by atoms with Crippen LogP contribution in [0, 0.1) is 23.7 Å². The van der Waals surface area contributed by atoms with Gasteiger partial charge in [0.15, 0.2) is 5.79 Å². The molecule has 5 rings (SSSR count). The second-order valence-electron chi connectivity index (χ2n) is 7.20. The van der Waals surface area contributed by atoms with E-state index in [2.05, 4.69) is 6.92 Å². The number of aliphatic hydroxyl groups is 1. The Bertz CT molecular complexity index is 461. The van der Waals surface area contributed by atoms with Crippen LogP contribution in [0.15, 0.2) is 0 Å². The van der Waals surface area contributed by atoms with Crippen LogP contribution in [0.1, 0.15) is 40.0 Å². The molecule has 1 saturated carbocycles. The van der Waals surface area contributed by atoms with E-state index in [1.807, 2.05) is 6.92 Å². The summed E-state index contributed by atoms with van der Waals surface area (Å²) >= 11 is 0. The molecule has 5 heteroatoms. The van der Waals surface area contributed by atoms with E-state index in [0.29, 0.717) is 11.8 Å². The average molecular weight is 282 g/mol. The van der Waals surface area contributed by atoms with Crippen molar-refractivity contribution < 1.29 is 24.1 Å². The lowest BCUT2D eigenvalue weighted by Crippen LogP contribution is -2.78. The minimum atomic E-state index is -1.29. The lowest BCUT2D eigenvalue weighted by Gasteiger charge is -2.67. The van der Waals surface area contributed by atoms with Crippen molar-refractivity contribution in [1.29, 1.82) is 0 Å².